The van der Waals surface area contributed by atoms with Crippen molar-refractivity contribution >= 4 is 23.2 Å². The van der Waals surface area contributed by atoms with Gasteiger partial charge in [0.05, 0.1) is 5.56 Å². The first-order valence-electron chi connectivity index (χ1n) is 7.43. The first-order chi connectivity index (χ1) is 11.6. The molecule has 0 aliphatic rings. The molecule has 0 aromatic carbocycles. The van der Waals surface area contributed by atoms with Crippen molar-refractivity contribution in [3.8, 4) is 0 Å². The maximum absolute atomic E-state index is 12.6. The summed E-state index contributed by atoms with van der Waals surface area (Å²) >= 11 is 5.66. The number of fused-ring (bicyclic) bond motifs is 1. The number of aromatic carboxylic acids is 1. The number of carboxylic acids is 1. The van der Waals surface area contributed by atoms with E-state index < -0.39 is 5.97 Å². The number of aromatic nitrogens is 2. The van der Waals surface area contributed by atoms with Crippen molar-refractivity contribution in [2.24, 2.45) is 0 Å². The van der Waals surface area contributed by atoms with E-state index >= 15 is 0 Å². The zero-order chi connectivity index (χ0) is 17.5. The summed E-state index contributed by atoms with van der Waals surface area (Å²) in [6, 6.07) is 2.93. The molecule has 24 heavy (non-hydrogen) atoms. The maximum Gasteiger partial charge on any atom is 0.337 e. The number of carbonyl (C=O) groups is 1. The second kappa shape index (κ2) is 8.26. The van der Waals surface area contributed by atoms with Crippen molar-refractivity contribution in [3.05, 3.63) is 81.4 Å². The monoisotopic (exact) mass is 344 g/mol. The molecule has 5 nitrogen and oxygen atoms in total. The topological polar surface area (TPSA) is 71.7 Å². The fourth-order valence-corrected chi connectivity index (χ4v) is 2.33. The van der Waals surface area contributed by atoms with E-state index in [1.54, 1.807) is 6.08 Å². The first kappa shape index (κ1) is 17.7. The van der Waals surface area contributed by atoms with Crippen LogP contribution < -0.4 is 5.56 Å². The Hall–Kier alpha value is -2.66. The highest BCUT2D eigenvalue weighted by Crippen LogP contribution is 2.09. The van der Waals surface area contributed by atoms with Gasteiger partial charge in [-0.1, -0.05) is 36.8 Å². The van der Waals surface area contributed by atoms with Gasteiger partial charge >= 0.3 is 5.97 Å². The number of hydrogen-bond donors (Lipinski definition) is 1. The molecule has 0 unspecified atom stereocenters. The van der Waals surface area contributed by atoms with Crippen LogP contribution >= 0.6 is 11.6 Å². The smallest absolute Gasteiger partial charge is 0.337 e. The van der Waals surface area contributed by atoms with E-state index in [1.165, 1.54) is 34.5 Å². The molecule has 2 aromatic rings. The van der Waals surface area contributed by atoms with E-state index in [9.17, 15) is 9.59 Å². The normalized spacial score (nSPS) is 12.5. The van der Waals surface area contributed by atoms with Crippen molar-refractivity contribution in [3.63, 3.8) is 0 Å². The Bertz CT molecular complexity index is 895. The summed E-state index contributed by atoms with van der Waals surface area (Å²) in [5.74, 6) is -1.09. The van der Waals surface area contributed by atoms with Crippen LogP contribution in [0.3, 0.4) is 0 Å². The van der Waals surface area contributed by atoms with Crippen LogP contribution in [0.2, 0.25) is 0 Å². The highest BCUT2D eigenvalue weighted by molar-refractivity contribution is 6.25. The van der Waals surface area contributed by atoms with Crippen molar-refractivity contribution in [1.82, 2.24) is 9.38 Å². The number of pyridine rings is 1. The maximum atomic E-state index is 12.6. The highest BCUT2D eigenvalue weighted by Gasteiger charge is 2.09. The number of nitrogens with zero attached hydrogens (tertiary/aromatic N) is 2. The molecule has 0 aliphatic heterocycles. The van der Waals surface area contributed by atoms with Crippen molar-refractivity contribution < 1.29 is 9.90 Å². The molecule has 2 heterocycles. The van der Waals surface area contributed by atoms with E-state index in [4.69, 9.17) is 16.7 Å². The molecule has 0 fully saturated rings. The molecule has 124 valence electrons. The lowest BCUT2D eigenvalue weighted by atomic mass is 10.1. The fourth-order valence-electron chi connectivity index (χ4n) is 2.16. The summed E-state index contributed by atoms with van der Waals surface area (Å²) in [5, 5.41) is 9.06. The third kappa shape index (κ3) is 4.20. The Morgan fingerprint density at radius 3 is 2.88 bits per heavy atom. The molecule has 0 saturated heterocycles. The lowest BCUT2D eigenvalue weighted by Gasteiger charge is -2.06. The Morgan fingerprint density at radius 1 is 1.42 bits per heavy atom. The van der Waals surface area contributed by atoms with Gasteiger partial charge in [-0.05, 0) is 30.2 Å². The molecule has 0 saturated carbocycles. The quantitative estimate of drug-likeness (QED) is 0.813. The number of allylic oxidation sites excluding steroid dienone is 5. The molecule has 0 atom stereocenters. The fraction of sp³-hybridized carbons (Fsp3) is 0.167. The minimum Gasteiger partial charge on any atom is -0.478 e. The second-order valence-electron chi connectivity index (χ2n) is 5.09. The zero-order valence-electron chi connectivity index (χ0n) is 13.1. The van der Waals surface area contributed by atoms with Crippen LogP contribution in [-0.2, 0) is 6.42 Å². The van der Waals surface area contributed by atoms with Crippen molar-refractivity contribution in [1.29, 1.82) is 0 Å². The minimum atomic E-state index is -1.09. The van der Waals surface area contributed by atoms with Crippen LogP contribution in [0.25, 0.3) is 5.65 Å². The summed E-state index contributed by atoms with van der Waals surface area (Å²) in [6.07, 6.45) is 11.5. The van der Waals surface area contributed by atoms with Gasteiger partial charge in [0.25, 0.3) is 5.56 Å². The Labute approximate surface area is 144 Å². The summed E-state index contributed by atoms with van der Waals surface area (Å²) in [4.78, 5) is 27.9. The van der Waals surface area contributed by atoms with Crippen molar-refractivity contribution in [2.45, 2.75) is 19.8 Å². The van der Waals surface area contributed by atoms with Gasteiger partial charge < -0.3 is 5.11 Å². The first-order valence-corrected chi connectivity index (χ1v) is 7.86. The minimum absolute atomic E-state index is 0.0332. The molecular weight excluding hydrogens is 328 g/mol. The van der Waals surface area contributed by atoms with Crippen molar-refractivity contribution in [2.75, 3.05) is 0 Å². The van der Waals surface area contributed by atoms with E-state index in [-0.39, 0.29) is 11.1 Å². The van der Waals surface area contributed by atoms with Gasteiger partial charge in [-0.3, -0.25) is 9.20 Å². The molecule has 1 N–H and O–H groups in total. The van der Waals surface area contributed by atoms with Gasteiger partial charge in [0.15, 0.2) is 0 Å². The average molecular weight is 345 g/mol. The van der Waals surface area contributed by atoms with E-state index in [0.717, 1.165) is 12.0 Å². The second-order valence-corrected chi connectivity index (χ2v) is 5.34. The van der Waals surface area contributed by atoms with Gasteiger partial charge in [-0.15, -0.1) is 0 Å². The standard InChI is InChI=1S/C18H17ClN2O3/c1-2-3-4-5-13(8-9-19)10-15-11-20-16-7-6-14(18(23)24)12-21(16)17(15)22/h3-9,11-12H,2,10H2,1H3,(H,23,24)/b4-3+,9-8+,13-5+. The molecule has 0 spiro atoms. The molecule has 2 rings (SSSR count). The Morgan fingerprint density at radius 2 is 2.21 bits per heavy atom. The third-order valence-electron chi connectivity index (χ3n) is 3.37. The van der Waals surface area contributed by atoms with Crippen LogP contribution in [0.1, 0.15) is 29.3 Å². The van der Waals surface area contributed by atoms with Crippen LogP contribution in [0.4, 0.5) is 0 Å². The summed E-state index contributed by atoms with van der Waals surface area (Å²) < 4.78 is 1.25. The Kier molecular flexibility index (Phi) is 6.09. The van der Waals surface area contributed by atoms with Crippen LogP contribution in [0.15, 0.2) is 64.7 Å². The molecule has 0 radical (unpaired) electrons. The van der Waals surface area contributed by atoms with Crippen LogP contribution in [-0.4, -0.2) is 20.5 Å². The largest absolute Gasteiger partial charge is 0.478 e. The summed E-state index contributed by atoms with van der Waals surface area (Å²) in [7, 11) is 0. The lowest BCUT2D eigenvalue weighted by molar-refractivity contribution is 0.0696. The average Bonchev–Trinajstić information content (AvgIpc) is 2.57. The summed E-state index contributed by atoms with van der Waals surface area (Å²) in [6.45, 7) is 2.03. The molecular formula is C18H17ClN2O3. The lowest BCUT2D eigenvalue weighted by Crippen LogP contribution is -2.20. The summed E-state index contributed by atoms with van der Waals surface area (Å²) in [5.41, 5.74) is 2.84. The number of halogens is 1. The molecule has 0 amide bonds. The highest BCUT2D eigenvalue weighted by atomic mass is 35.5. The predicted octanol–water partition coefficient (Wildman–Crippen LogP) is 3.58. The number of hydrogen-bond acceptors (Lipinski definition) is 3. The van der Waals surface area contributed by atoms with E-state index in [1.807, 2.05) is 25.2 Å². The predicted molar refractivity (Wildman–Crippen MR) is 94.6 cm³/mol. The van der Waals surface area contributed by atoms with Gasteiger partial charge in [0.1, 0.15) is 5.65 Å². The van der Waals surface area contributed by atoms with E-state index in [0.29, 0.717) is 17.6 Å². The van der Waals surface area contributed by atoms with Gasteiger partial charge in [0, 0.05) is 29.9 Å². The zero-order valence-corrected chi connectivity index (χ0v) is 13.9. The Balaban J connectivity index is 2.46. The molecule has 0 bridgehead atoms. The third-order valence-corrected chi connectivity index (χ3v) is 3.50. The molecule has 2 aromatic heterocycles. The van der Waals surface area contributed by atoms with Crippen LogP contribution in [0.5, 0.6) is 0 Å². The van der Waals surface area contributed by atoms with E-state index in [2.05, 4.69) is 4.98 Å². The number of rotatable bonds is 6. The number of carboxylic acid groups (broad SMARTS) is 1. The SMILES string of the molecule is CC/C=C/C=C(\C=C\Cl)Cc1cnc2ccc(C(=O)O)cn2c1=O. The molecule has 0 aliphatic carbocycles. The molecule has 6 heteroatoms. The van der Waals surface area contributed by atoms with Gasteiger partial charge in [-0.25, -0.2) is 9.78 Å². The van der Waals surface area contributed by atoms with Gasteiger partial charge in [0.2, 0.25) is 0 Å². The van der Waals surface area contributed by atoms with Crippen LogP contribution in [0, 0.1) is 0 Å². The van der Waals surface area contributed by atoms with Gasteiger partial charge in [-0.2, -0.15) is 0 Å².